The first kappa shape index (κ1) is 15.7. The van der Waals surface area contributed by atoms with Crippen molar-refractivity contribution in [3.63, 3.8) is 0 Å². The SMILES string of the molecule is O=S(=O)([O-])[O-].[Li+].[Ti+4]. The maximum absolute atomic E-state index is 8.52. The first-order chi connectivity index (χ1) is 2.00. The molecule has 0 heterocycles. The maximum Gasteiger partial charge on any atom is 4.00 e. The van der Waals surface area contributed by atoms with Crippen LogP contribution in [0.2, 0.25) is 0 Å². The van der Waals surface area contributed by atoms with Crippen LogP contribution in [-0.4, -0.2) is 17.5 Å². The minimum Gasteiger partial charge on any atom is -0.759 e. The van der Waals surface area contributed by atoms with E-state index >= 15 is 0 Å². The van der Waals surface area contributed by atoms with E-state index in [0.717, 1.165) is 0 Å². The summed E-state index contributed by atoms with van der Waals surface area (Å²) in [6.45, 7) is 0. The molecular weight excluding hydrogens is 151 g/mol. The van der Waals surface area contributed by atoms with Crippen LogP contribution in [0.15, 0.2) is 0 Å². The molecule has 0 aromatic rings. The van der Waals surface area contributed by atoms with Gasteiger partial charge in [0.05, 0.1) is 0 Å². The average Bonchev–Trinajstić information content (AvgIpc) is 0.722. The van der Waals surface area contributed by atoms with Crippen molar-refractivity contribution in [3.05, 3.63) is 0 Å². The smallest absolute Gasteiger partial charge is 0.759 e. The summed E-state index contributed by atoms with van der Waals surface area (Å²) in [6.07, 6.45) is 0. The van der Waals surface area contributed by atoms with E-state index in [1.807, 2.05) is 0 Å². The van der Waals surface area contributed by atoms with Gasteiger partial charge in [-0.3, -0.25) is 8.42 Å². The first-order valence-electron chi connectivity index (χ1n) is 0.667. The van der Waals surface area contributed by atoms with Crippen LogP contribution in [0.1, 0.15) is 0 Å². The Morgan fingerprint density at radius 3 is 1.14 bits per heavy atom. The van der Waals surface area contributed by atoms with Gasteiger partial charge in [0, 0.05) is 10.4 Å². The first-order valence-corrected chi connectivity index (χ1v) is 2.00. The van der Waals surface area contributed by atoms with Crippen LogP contribution in [0.5, 0.6) is 0 Å². The summed E-state index contributed by atoms with van der Waals surface area (Å²) in [7, 11) is -5.17. The summed E-state index contributed by atoms with van der Waals surface area (Å²) in [4.78, 5) is 0. The molecule has 0 aromatic heterocycles. The van der Waals surface area contributed by atoms with Gasteiger partial charge in [0.1, 0.15) is 0 Å². The summed E-state index contributed by atoms with van der Waals surface area (Å²) in [5.41, 5.74) is 0. The zero-order valence-corrected chi connectivity index (χ0v) is 5.92. The third-order valence-electron chi connectivity index (χ3n) is 0. The molecule has 0 N–H and O–H groups in total. The normalized spacial score (nSPS) is 8.29. The molecule has 0 aliphatic rings. The number of hydrogen-bond donors (Lipinski definition) is 0. The molecule has 32 valence electrons. The second-order valence-corrected chi connectivity index (χ2v) is 1.22. The summed E-state index contributed by atoms with van der Waals surface area (Å²) < 4.78 is 34.1. The van der Waals surface area contributed by atoms with Gasteiger partial charge in [0.2, 0.25) is 0 Å². The van der Waals surface area contributed by atoms with Crippen molar-refractivity contribution < 1.29 is 58.1 Å². The Morgan fingerprint density at radius 2 is 1.14 bits per heavy atom. The zero-order valence-electron chi connectivity index (χ0n) is 3.54. The molecule has 0 bridgehead atoms. The van der Waals surface area contributed by atoms with Crippen molar-refractivity contribution in [1.29, 1.82) is 0 Å². The van der Waals surface area contributed by atoms with E-state index in [9.17, 15) is 0 Å². The van der Waals surface area contributed by atoms with Crippen LogP contribution in [0.25, 0.3) is 0 Å². The van der Waals surface area contributed by atoms with E-state index in [1.54, 1.807) is 0 Å². The molecule has 0 radical (unpaired) electrons. The van der Waals surface area contributed by atoms with Crippen molar-refractivity contribution in [2.45, 2.75) is 0 Å². The molecule has 0 fully saturated rings. The van der Waals surface area contributed by atoms with E-state index in [-0.39, 0.29) is 40.6 Å². The van der Waals surface area contributed by atoms with Crippen molar-refractivity contribution in [2.75, 3.05) is 0 Å². The summed E-state index contributed by atoms with van der Waals surface area (Å²) in [6, 6.07) is 0. The molecular formula is LiO4STi+3. The molecule has 0 saturated carbocycles. The van der Waals surface area contributed by atoms with Crippen LogP contribution in [0, 0.1) is 0 Å². The van der Waals surface area contributed by atoms with Crippen LogP contribution >= 0.6 is 0 Å². The topological polar surface area (TPSA) is 80.3 Å². The van der Waals surface area contributed by atoms with Gasteiger partial charge in [0.15, 0.2) is 0 Å². The monoisotopic (exact) mass is 151 g/mol. The quantitative estimate of drug-likeness (QED) is 0.199. The second kappa shape index (κ2) is 5.32. The molecule has 0 atom stereocenters. The molecule has 0 amide bonds. The van der Waals surface area contributed by atoms with Crippen molar-refractivity contribution in [3.8, 4) is 0 Å². The third kappa shape index (κ3) is 138. The van der Waals surface area contributed by atoms with E-state index in [4.69, 9.17) is 17.5 Å². The molecule has 0 rings (SSSR count). The molecule has 7 heavy (non-hydrogen) atoms. The Bertz CT molecular complexity index is 94.9. The van der Waals surface area contributed by atoms with Gasteiger partial charge in [0.25, 0.3) is 0 Å². The van der Waals surface area contributed by atoms with E-state index in [1.165, 1.54) is 0 Å². The number of hydrogen-bond acceptors (Lipinski definition) is 4. The van der Waals surface area contributed by atoms with Gasteiger partial charge in [-0.15, -0.1) is 0 Å². The Labute approximate surface area is 68.3 Å². The fraction of sp³-hybridized carbons (Fsp3) is 0. The van der Waals surface area contributed by atoms with E-state index in [2.05, 4.69) is 0 Å². The maximum atomic E-state index is 8.52. The van der Waals surface area contributed by atoms with E-state index in [0.29, 0.717) is 0 Å². The summed E-state index contributed by atoms with van der Waals surface area (Å²) >= 11 is 0. The van der Waals surface area contributed by atoms with Crippen molar-refractivity contribution in [2.24, 2.45) is 0 Å². The Morgan fingerprint density at radius 1 is 1.14 bits per heavy atom. The molecule has 0 unspecified atom stereocenters. The predicted molar refractivity (Wildman–Crippen MR) is 10.5 cm³/mol. The fourth-order valence-corrected chi connectivity index (χ4v) is 0. The molecule has 0 saturated heterocycles. The standard InChI is InChI=1S/Li.H2O4S.Ti/c;1-5(2,3)4;/h;(H2,1,2,3,4);/q+1;;+4/p-2. The molecule has 0 spiro atoms. The third-order valence-corrected chi connectivity index (χ3v) is 0. The van der Waals surface area contributed by atoms with Crippen LogP contribution in [0.4, 0.5) is 0 Å². The van der Waals surface area contributed by atoms with Crippen LogP contribution < -0.4 is 18.9 Å². The Kier molecular flexibility index (Phi) is 11.9. The summed E-state index contributed by atoms with van der Waals surface area (Å²) in [5, 5.41) is 0. The molecule has 4 nitrogen and oxygen atoms in total. The minimum atomic E-state index is -5.17. The summed E-state index contributed by atoms with van der Waals surface area (Å²) in [5.74, 6) is 0. The second-order valence-electron chi connectivity index (χ2n) is 0.408. The average molecular weight is 151 g/mol. The van der Waals surface area contributed by atoms with Crippen molar-refractivity contribution in [1.82, 2.24) is 0 Å². The van der Waals surface area contributed by atoms with Gasteiger partial charge in [-0.25, -0.2) is 0 Å². The molecule has 0 aliphatic carbocycles. The Hall–Kier alpha value is 1.18. The van der Waals surface area contributed by atoms with Gasteiger partial charge >= 0.3 is 40.6 Å². The van der Waals surface area contributed by atoms with Gasteiger partial charge in [-0.05, 0) is 0 Å². The van der Waals surface area contributed by atoms with Gasteiger partial charge in [-0.2, -0.15) is 0 Å². The van der Waals surface area contributed by atoms with Gasteiger partial charge < -0.3 is 9.11 Å². The number of rotatable bonds is 0. The molecule has 0 aromatic carbocycles. The molecule has 0 aliphatic heterocycles. The van der Waals surface area contributed by atoms with Crippen LogP contribution in [-0.2, 0) is 32.1 Å². The molecule has 7 heteroatoms. The van der Waals surface area contributed by atoms with E-state index < -0.39 is 10.4 Å². The zero-order chi connectivity index (χ0) is 4.50. The fourth-order valence-electron chi connectivity index (χ4n) is 0. The van der Waals surface area contributed by atoms with Gasteiger partial charge in [-0.1, -0.05) is 0 Å². The largest absolute Gasteiger partial charge is 4.00 e. The minimum absolute atomic E-state index is 0. The van der Waals surface area contributed by atoms with Crippen LogP contribution in [0.3, 0.4) is 0 Å². The Balaban J connectivity index is -0.0000000800. The predicted octanol–water partition coefficient (Wildman–Crippen LogP) is -4.34. The van der Waals surface area contributed by atoms with Crippen molar-refractivity contribution >= 4 is 10.4 Å².